The predicted molar refractivity (Wildman–Crippen MR) is 60.6 cm³/mol. The molecule has 0 saturated heterocycles. The normalized spacial score (nSPS) is 18.3. The zero-order valence-corrected chi connectivity index (χ0v) is 10.3. The highest BCUT2D eigenvalue weighted by Crippen LogP contribution is 2.34. The molecule has 0 aromatic rings. The molecule has 0 spiro atoms. The highest BCUT2D eigenvalue weighted by Gasteiger charge is 2.27. The molecule has 2 N–H and O–H groups in total. The fourth-order valence-corrected chi connectivity index (χ4v) is 2.92. The van der Waals surface area contributed by atoms with E-state index in [9.17, 15) is 13.2 Å². The Hall–Kier alpha value is -0.620. The van der Waals surface area contributed by atoms with Crippen molar-refractivity contribution in [3.8, 4) is 0 Å². The van der Waals surface area contributed by atoms with Crippen LogP contribution in [0, 0.1) is 5.92 Å². The zero-order valence-electron chi connectivity index (χ0n) is 9.48. The van der Waals surface area contributed by atoms with Crippen LogP contribution in [0.4, 0.5) is 0 Å². The second-order valence-corrected chi connectivity index (χ2v) is 6.24. The van der Waals surface area contributed by atoms with Gasteiger partial charge in [-0.25, -0.2) is 13.1 Å². The Morgan fingerprint density at radius 1 is 1.50 bits per heavy atom. The van der Waals surface area contributed by atoms with Gasteiger partial charge in [0.2, 0.25) is 10.0 Å². The van der Waals surface area contributed by atoms with Crippen LogP contribution < -0.4 is 4.72 Å². The van der Waals surface area contributed by atoms with Crippen LogP contribution in [0.5, 0.6) is 0 Å². The molecule has 0 bridgehead atoms. The van der Waals surface area contributed by atoms with Crippen LogP contribution >= 0.6 is 0 Å². The van der Waals surface area contributed by atoms with Crippen molar-refractivity contribution in [3.05, 3.63) is 0 Å². The lowest BCUT2D eigenvalue weighted by Crippen LogP contribution is -2.36. The van der Waals surface area contributed by atoms with Gasteiger partial charge >= 0.3 is 5.97 Å². The van der Waals surface area contributed by atoms with Crippen LogP contribution in [0.3, 0.4) is 0 Å². The van der Waals surface area contributed by atoms with E-state index in [2.05, 4.69) is 4.72 Å². The maximum atomic E-state index is 11.5. The second-order valence-electron chi connectivity index (χ2n) is 4.36. The Balaban J connectivity index is 2.38. The highest BCUT2D eigenvalue weighted by molar-refractivity contribution is 7.89. The summed E-state index contributed by atoms with van der Waals surface area (Å²) in [6.45, 7) is 1.94. The number of carboxylic acid groups (broad SMARTS) is 1. The highest BCUT2D eigenvalue weighted by atomic mass is 32.2. The Morgan fingerprint density at radius 2 is 2.12 bits per heavy atom. The monoisotopic (exact) mass is 249 g/mol. The van der Waals surface area contributed by atoms with Crippen LogP contribution in [-0.4, -0.2) is 31.3 Å². The summed E-state index contributed by atoms with van der Waals surface area (Å²) in [6, 6.07) is -0.0358. The van der Waals surface area contributed by atoms with Crippen LogP contribution in [-0.2, 0) is 14.8 Å². The van der Waals surface area contributed by atoms with Gasteiger partial charge in [-0.3, -0.25) is 4.79 Å². The molecule has 0 radical (unpaired) electrons. The number of sulfonamides is 1. The second kappa shape index (κ2) is 5.63. The third kappa shape index (κ3) is 5.46. The third-order valence-corrected chi connectivity index (χ3v) is 4.17. The van der Waals surface area contributed by atoms with Gasteiger partial charge in [0, 0.05) is 6.04 Å². The molecule has 0 heterocycles. The van der Waals surface area contributed by atoms with Crippen molar-refractivity contribution in [2.75, 3.05) is 5.75 Å². The Kier molecular flexibility index (Phi) is 4.73. The molecule has 0 amide bonds. The minimum Gasteiger partial charge on any atom is -0.481 e. The lowest BCUT2D eigenvalue weighted by atomic mass is 10.1. The first-order chi connectivity index (χ1) is 7.43. The molecule has 5 nitrogen and oxygen atoms in total. The molecule has 16 heavy (non-hydrogen) atoms. The van der Waals surface area contributed by atoms with Crippen molar-refractivity contribution in [1.82, 2.24) is 4.72 Å². The fraction of sp³-hybridized carbons (Fsp3) is 0.900. The van der Waals surface area contributed by atoms with Crippen LogP contribution in [0.25, 0.3) is 0 Å². The predicted octanol–water partition coefficient (Wildman–Crippen LogP) is 0.959. The number of hydrogen-bond acceptors (Lipinski definition) is 3. The van der Waals surface area contributed by atoms with E-state index in [4.69, 9.17) is 5.11 Å². The fourth-order valence-electron chi connectivity index (χ4n) is 1.59. The van der Waals surface area contributed by atoms with Crippen molar-refractivity contribution in [1.29, 1.82) is 0 Å². The molecule has 1 aliphatic carbocycles. The first-order valence-corrected chi connectivity index (χ1v) is 7.30. The molecule has 1 aliphatic rings. The van der Waals surface area contributed by atoms with Crippen LogP contribution in [0.2, 0.25) is 0 Å². The molecule has 0 aromatic heterocycles. The summed E-state index contributed by atoms with van der Waals surface area (Å²) >= 11 is 0. The number of aliphatic carboxylic acids is 1. The Morgan fingerprint density at radius 3 is 2.56 bits per heavy atom. The quantitative estimate of drug-likeness (QED) is 0.671. The first kappa shape index (κ1) is 13.4. The van der Waals surface area contributed by atoms with E-state index in [1.54, 1.807) is 0 Å². The van der Waals surface area contributed by atoms with Gasteiger partial charge in [0.25, 0.3) is 0 Å². The van der Waals surface area contributed by atoms with Crippen molar-refractivity contribution in [3.63, 3.8) is 0 Å². The van der Waals surface area contributed by atoms with Gasteiger partial charge in [0.05, 0.1) is 12.2 Å². The first-order valence-electron chi connectivity index (χ1n) is 5.64. The summed E-state index contributed by atoms with van der Waals surface area (Å²) in [5.41, 5.74) is 0. The number of nitrogens with one attached hydrogen (secondary N) is 1. The van der Waals surface area contributed by atoms with Crippen molar-refractivity contribution in [2.45, 2.75) is 45.1 Å². The molecule has 1 rings (SSSR count). The Labute approximate surface area is 96.3 Å². The number of carbonyl (C=O) groups is 1. The van der Waals surface area contributed by atoms with E-state index < -0.39 is 16.0 Å². The zero-order chi connectivity index (χ0) is 12.2. The Bertz CT molecular complexity index is 335. The standard InChI is InChI=1S/C10H19NO4S/c1-2-9(7-8-3-4-8)11-16(14,15)6-5-10(12)13/h8-9,11H,2-7H2,1H3,(H,12,13). The van der Waals surface area contributed by atoms with Crippen molar-refractivity contribution in [2.24, 2.45) is 5.92 Å². The molecule has 6 heteroatoms. The van der Waals surface area contributed by atoms with Gasteiger partial charge < -0.3 is 5.11 Å². The smallest absolute Gasteiger partial charge is 0.304 e. The largest absolute Gasteiger partial charge is 0.481 e. The molecule has 1 fully saturated rings. The number of carboxylic acids is 1. The number of hydrogen-bond donors (Lipinski definition) is 2. The molecule has 1 unspecified atom stereocenters. The lowest BCUT2D eigenvalue weighted by Gasteiger charge is -2.16. The van der Waals surface area contributed by atoms with E-state index in [0.29, 0.717) is 5.92 Å². The summed E-state index contributed by atoms with van der Waals surface area (Å²) < 4.78 is 25.6. The summed E-state index contributed by atoms with van der Waals surface area (Å²) in [6.07, 6.45) is 3.67. The minimum atomic E-state index is -3.44. The molecular formula is C10H19NO4S. The van der Waals surface area contributed by atoms with Gasteiger partial charge in [0.15, 0.2) is 0 Å². The summed E-state index contributed by atoms with van der Waals surface area (Å²) in [5.74, 6) is -0.753. The van der Waals surface area contributed by atoms with E-state index in [1.165, 1.54) is 12.8 Å². The molecule has 0 aliphatic heterocycles. The van der Waals surface area contributed by atoms with E-state index in [-0.39, 0.29) is 18.2 Å². The van der Waals surface area contributed by atoms with Gasteiger partial charge in [-0.05, 0) is 18.8 Å². The SMILES string of the molecule is CCC(CC1CC1)NS(=O)(=O)CCC(=O)O. The van der Waals surface area contributed by atoms with Gasteiger partial charge in [0.1, 0.15) is 0 Å². The summed E-state index contributed by atoms with van der Waals surface area (Å²) in [4.78, 5) is 10.3. The van der Waals surface area contributed by atoms with E-state index >= 15 is 0 Å². The number of rotatable bonds is 8. The summed E-state index contributed by atoms with van der Waals surface area (Å²) in [5, 5.41) is 8.43. The van der Waals surface area contributed by atoms with Gasteiger partial charge in [-0.2, -0.15) is 0 Å². The molecular weight excluding hydrogens is 230 g/mol. The molecule has 1 atom stereocenters. The third-order valence-electron chi connectivity index (χ3n) is 2.74. The van der Waals surface area contributed by atoms with Gasteiger partial charge in [-0.15, -0.1) is 0 Å². The average molecular weight is 249 g/mol. The molecule has 1 saturated carbocycles. The van der Waals surface area contributed by atoms with E-state index in [0.717, 1.165) is 12.8 Å². The molecule has 0 aromatic carbocycles. The van der Waals surface area contributed by atoms with Crippen LogP contribution in [0.15, 0.2) is 0 Å². The van der Waals surface area contributed by atoms with Gasteiger partial charge in [-0.1, -0.05) is 19.8 Å². The van der Waals surface area contributed by atoms with Crippen molar-refractivity contribution < 1.29 is 18.3 Å². The average Bonchev–Trinajstić information content (AvgIpc) is 2.97. The lowest BCUT2D eigenvalue weighted by molar-refractivity contribution is -0.136. The molecule has 94 valence electrons. The van der Waals surface area contributed by atoms with Crippen LogP contribution in [0.1, 0.15) is 39.0 Å². The topological polar surface area (TPSA) is 83.5 Å². The minimum absolute atomic E-state index is 0.0358. The van der Waals surface area contributed by atoms with Crippen molar-refractivity contribution >= 4 is 16.0 Å². The van der Waals surface area contributed by atoms with E-state index in [1.807, 2.05) is 6.92 Å². The maximum Gasteiger partial charge on any atom is 0.304 e. The maximum absolute atomic E-state index is 11.5. The summed E-state index contributed by atoms with van der Waals surface area (Å²) in [7, 11) is -3.44.